The highest BCUT2D eigenvalue weighted by Crippen LogP contribution is 2.38. The van der Waals surface area contributed by atoms with Crippen molar-refractivity contribution in [1.29, 1.82) is 0 Å². The van der Waals surface area contributed by atoms with E-state index in [1.807, 2.05) is 0 Å². The van der Waals surface area contributed by atoms with Crippen molar-refractivity contribution in [3.05, 3.63) is 58.1 Å². The number of aliphatic hydroxyl groups is 3. The molecule has 1 fully saturated rings. The molecule has 190 valence electrons. The van der Waals surface area contributed by atoms with Gasteiger partial charge in [-0.05, 0) is 30.7 Å². The molecule has 36 heavy (non-hydrogen) atoms. The molecule has 0 unspecified atom stereocenters. The van der Waals surface area contributed by atoms with Crippen LogP contribution >= 0.6 is 0 Å². The maximum atomic E-state index is 13.3. The fourth-order valence-electron chi connectivity index (χ4n) is 4.12. The van der Waals surface area contributed by atoms with Crippen molar-refractivity contribution in [1.82, 2.24) is 0 Å². The van der Waals surface area contributed by atoms with Gasteiger partial charge in [0.2, 0.25) is 12.1 Å². The number of fused-ring (bicyclic) bond motifs is 2. The molecule has 2 aromatic carbocycles. The van der Waals surface area contributed by atoms with Gasteiger partial charge in [0.1, 0.15) is 48.9 Å². The Kier molecular flexibility index (Phi) is 6.78. The van der Waals surface area contributed by atoms with Crippen LogP contribution in [0.25, 0.3) is 0 Å². The summed E-state index contributed by atoms with van der Waals surface area (Å²) in [6.45, 7) is 0.964. The number of hydrogen-bond acceptors (Lipinski definition) is 11. The van der Waals surface area contributed by atoms with Gasteiger partial charge in [0.15, 0.2) is 5.78 Å². The maximum absolute atomic E-state index is 13.3. The topological polar surface area (TPSA) is 197 Å². The summed E-state index contributed by atoms with van der Waals surface area (Å²) in [6, 6.07) is 6.95. The fourth-order valence-corrected chi connectivity index (χ4v) is 4.12. The number of aryl methyl sites for hydroxylation is 1. The van der Waals surface area contributed by atoms with E-state index in [-0.39, 0.29) is 28.0 Å². The van der Waals surface area contributed by atoms with Crippen LogP contribution in [0.2, 0.25) is 0 Å². The third kappa shape index (κ3) is 4.54. The van der Waals surface area contributed by atoms with Crippen molar-refractivity contribution in [3.8, 4) is 11.5 Å². The minimum absolute atomic E-state index is 0.00173. The summed E-state index contributed by atoms with van der Waals surface area (Å²) in [6.07, 6.45) is -9.42. The Labute approximate surface area is 203 Å². The molecule has 0 saturated carbocycles. The van der Waals surface area contributed by atoms with E-state index in [4.69, 9.17) is 19.3 Å². The van der Waals surface area contributed by atoms with Crippen molar-refractivity contribution >= 4 is 23.5 Å². The summed E-state index contributed by atoms with van der Waals surface area (Å²) < 4.78 is 15.9. The number of hydrogen-bond donors (Lipinski definition) is 5. The molecule has 5 atom stereocenters. The molecule has 2 aromatic rings. The van der Waals surface area contributed by atoms with Gasteiger partial charge in [0.05, 0.1) is 11.1 Å². The number of aliphatic carboxylic acids is 1. The van der Waals surface area contributed by atoms with Gasteiger partial charge >= 0.3 is 11.9 Å². The Balaban J connectivity index is 1.64. The van der Waals surface area contributed by atoms with Crippen LogP contribution in [0.5, 0.6) is 11.5 Å². The smallest absolute Gasteiger partial charge is 0.317 e. The van der Waals surface area contributed by atoms with Crippen molar-refractivity contribution in [2.75, 3.05) is 6.61 Å². The van der Waals surface area contributed by atoms with E-state index in [1.165, 1.54) is 30.3 Å². The summed E-state index contributed by atoms with van der Waals surface area (Å²) in [5, 5.41) is 49.8. The van der Waals surface area contributed by atoms with Crippen LogP contribution in [-0.2, 0) is 19.1 Å². The first-order valence-corrected chi connectivity index (χ1v) is 10.8. The Bertz CT molecular complexity index is 1250. The molecule has 1 aliphatic carbocycles. The Hall–Kier alpha value is -3.84. The van der Waals surface area contributed by atoms with E-state index < -0.39 is 73.0 Å². The number of rotatable bonds is 6. The van der Waals surface area contributed by atoms with Crippen molar-refractivity contribution in [2.24, 2.45) is 0 Å². The largest absolute Gasteiger partial charge is 0.507 e. The zero-order valence-corrected chi connectivity index (χ0v) is 18.8. The third-order valence-corrected chi connectivity index (χ3v) is 5.85. The highest BCUT2D eigenvalue weighted by molar-refractivity contribution is 6.30. The predicted octanol–water partition coefficient (Wildman–Crippen LogP) is -0.320. The average Bonchev–Trinajstić information content (AvgIpc) is 2.81. The molecule has 4 rings (SSSR count). The van der Waals surface area contributed by atoms with Crippen LogP contribution in [0.1, 0.15) is 43.8 Å². The lowest BCUT2D eigenvalue weighted by atomic mass is 9.82. The van der Waals surface area contributed by atoms with Crippen LogP contribution < -0.4 is 4.74 Å². The molecule has 0 spiro atoms. The van der Waals surface area contributed by atoms with Crippen molar-refractivity contribution < 1.29 is 58.9 Å². The SMILES string of the molecule is Cc1cc(O[C@@H]2O[C@H](COC(=O)CC(=O)O)[C@@H](O)[C@H](O)[C@H]2O)c2c(c1)C(=O)c1cccc(O)c1C2=O. The number of ether oxygens (including phenoxy) is 3. The van der Waals surface area contributed by atoms with Crippen LogP contribution in [0.15, 0.2) is 30.3 Å². The number of ketones is 2. The summed E-state index contributed by atoms with van der Waals surface area (Å²) in [7, 11) is 0. The predicted molar refractivity (Wildman–Crippen MR) is 117 cm³/mol. The second-order valence-electron chi connectivity index (χ2n) is 8.43. The van der Waals surface area contributed by atoms with E-state index in [2.05, 4.69) is 0 Å². The monoisotopic (exact) mass is 502 g/mol. The summed E-state index contributed by atoms with van der Waals surface area (Å²) in [5.41, 5.74) is 0.115. The van der Waals surface area contributed by atoms with Crippen molar-refractivity contribution in [3.63, 3.8) is 0 Å². The average molecular weight is 502 g/mol. The number of carboxylic acid groups (broad SMARTS) is 1. The molecule has 0 amide bonds. The van der Waals surface area contributed by atoms with Gasteiger partial charge in [-0.25, -0.2) is 0 Å². The van der Waals surface area contributed by atoms with Crippen molar-refractivity contribution in [2.45, 2.75) is 44.1 Å². The Morgan fingerprint density at radius 3 is 2.39 bits per heavy atom. The number of esters is 1. The van der Waals surface area contributed by atoms with E-state index in [0.717, 1.165) is 0 Å². The standard InChI is InChI=1S/C24H22O12/c1-9-5-11-18(21(31)17-10(19(11)29)3-2-4-12(17)25)13(6-9)35-24-23(33)22(32)20(30)14(36-24)8-34-16(28)7-15(26)27/h2-6,14,20,22-25,30,32-33H,7-8H2,1H3,(H,26,27)/t14-,20-,22+,23-,24-/m1/s1. The van der Waals surface area contributed by atoms with Crippen LogP contribution in [-0.4, -0.2) is 86.4 Å². The molecule has 5 N–H and O–H groups in total. The van der Waals surface area contributed by atoms with E-state index >= 15 is 0 Å². The van der Waals surface area contributed by atoms with Gasteiger partial charge in [0, 0.05) is 11.1 Å². The number of carbonyl (C=O) groups is 4. The molecule has 1 heterocycles. The molecule has 0 radical (unpaired) electrons. The van der Waals surface area contributed by atoms with Gasteiger partial charge in [0.25, 0.3) is 0 Å². The molecule has 12 nitrogen and oxygen atoms in total. The minimum Gasteiger partial charge on any atom is -0.507 e. The molecular formula is C24H22O12. The number of benzene rings is 2. The maximum Gasteiger partial charge on any atom is 0.317 e. The van der Waals surface area contributed by atoms with Crippen LogP contribution in [0.4, 0.5) is 0 Å². The number of carboxylic acids is 1. The van der Waals surface area contributed by atoms with Gasteiger partial charge in [-0.2, -0.15) is 0 Å². The fraction of sp³-hybridized carbons (Fsp3) is 0.333. The number of aliphatic hydroxyl groups excluding tert-OH is 3. The first-order valence-electron chi connectivity index (χ1n) is 10.8. The zero-order valence-electron chi connectivity index (χ0n) is 18.8. The molecule has 0 bridgehead atoms. The van der Waals surface area contributed by atoms with E-state index in [9.17, 15) is 39.6 Å². The highest BCUT2D eigenvalue weighted by Gasteiger charge is 2.46. The molecule has 2 aliphatic rings. The highest BCUT2D eigenvalue weighted by atomic mass is 16.7. The third-order valence-electron chi connectivity index (χ3n) is 5.85. The number of phenols is 1. The quantitative estimate of drug-likeness (QED) is 0.218. The number of phenolic OH excluding ortho intramolecular Hbond substituents is 1. The van der Waals surface area contributed by atoms with E-state index in [0.29, 0.717) is 5.56 Å². The summed E-state index contributed by atoms with van der Waals surface area (Å²) in [4.78, 5) is 48.5. The Morgan fingerprint density at radius 1 is 0.972 bits per heavy atom. The molecule has 0 aromatic heterocycles. The summed E-state index contributed by atoms with van der Waals surface area (Å²) in [5.74, 6) is -4.39. The van der Waals surface area contributed by atoms with Gasteiger partial charge in [-0.15, -0.1) is 0 Å². The lowest BCUT2D eigenvalue weighted by Crippen LogP contribution is -2.60. The second-order valence-corrected chi connectivity index (χ2v) is 8.43. The first kappa shape index (κ1) is 25.3. The molecule has 1 saturated heterocycles. The van der Waals surface area contributed by atoms with Gasteiger partial charge < -0.3 is 39.7 Å². The second kappa shape index (κ2) is 9.66. The zero-order chi connectivity index (χ0) is 26.3. The first-order chi connectivity index (χ1) is 17.0. The van der Waals surface area contributed by atoms with Gasteiger partial charge in [-0.3, -0.25) is 19.2 Å². The lowest BCUT2D eigenvalue weighted by molar-refractivity contribution is -0.278. The number of carbonyl (C=O) groups excluding carboxylic acids is 3. The van der Waals surface area contributed by atoms with Crippen LogP contribution in [0.3, 0.4) is 0 Å². The van der Waals surface area contributed by atoms with Crippen LogP contribution in [0, 0.1) is 6.92 Å². The lowest BCUT2D eigenvalue weighted by Gasteiger charge is -2.40. The summed E-state index contributed by atoms with van der Waals surface area (Å²) >= 11 is 0. The molecule has 1 aliphatic heterocycles. The molecular weight excluding hydrogens is 480 g/mol. The Morgan fingerprint density at radius 2 is 1.69 bits per heavy atom. The van der Waals surface area contributed by atoms with E-state index in [1.54, 1.807) is 6.92 Å². The number of aromatic hydroxyl groups is 1. The molecule has 12 heteroatoms. The normalized spacial score (nSPS) is 25.1. The van der Waals surface area contributed by atoms with Gasteiger partial charge in [-0.1, -0.05) is 12.1 Å². The minimum atomic E-state index is -1.82.